The summed E-state index contributed by atoms with van der Waals surface area (Å²) in [6.07, 6.45) is 4.01. The first kappa shape index (κ1) is 33.4. The Hall–Kier alpha value is -4.97. The first-order valence-electron chi connectivity index (χ1n) is 19.4. The van der Waals surface area contributed by atoms with Crippen molar-refractivity contribution in [2.45, 2.75) is 80.1 Å². The van der Waals surface area contributed by atoms with E-state index < -0.39 is 27.2 Å². The molecule has 55 heavy (non-hydrogen) atoms. The van der Waals surface area contributed by atoms with Crippen molar-refractivity contribution in [3.8, 4) is 11.5 Å². The zero-order chi connectivity index (χ0) is 37.4. The van der Waals surface area contributed by atoms with Crippen molar-refractivity contribution in [3.05, 3.63) is 124 Å². The van der Waals surface area contributed by atoms with E-state index in [0.717, 1.165) is 51.9 Å². The summed E-state index contributed by atoms with van der Waals surface area (Å²) in [5.74, 6) is 0.618. The third-order valence-electron chi connectivity index (χ3n) is 13.5. The Morgan fingerprint density at radius 3 is 2.38 bits per heavy atom. The highest BCUT2D eigenvalue weighted by Gasteiger charge is 2.73. The monoisotopic (exact) mass is 755 g/mol. The summed E-state index contributed by atoms with van der Waals surface area (Å²) in [6.45, 7) is 4.41. The molecular weight excluding hydrogens is 715 g/mol. The highest BCUT2D eigenvalue weighted by molar-refractivity contribution is 7.87. The Bertz CT molecular complexity index is 2560. The molecule has 5 aromatic rings. The highest BCUT2D eigenvalue weighted by Crippen LogP contribution is 2.69. The number of hydrogen-bond acceptors (Lipinski definition) is 8. The molecule has 1 saturated carbocycles. The molecule has 10 nitrogen and oxygen atoms in total. The number of carbonyl (C=O) groups is 2. The largest absolute Gasteiger partial charge is 0.479 e. The lowest BCUT2D eigenvalue weighted by Gasteiger charge is -2.63. The van der Waals surface area contributed by atoms with Crippen molar-refractivity contribution in [3.63, 3.8) is 0 Å². The summed E-state index contributed by atoms with van der Waals surface area (Å²) < 4.78 is 42.9. The third kappa shape index (κ3) is 4.57. The molecule has 0 unspecified atom stereocenters. The van der Waals surface area contributed by atoms with Gasteiger partial charge in [-0.3, -0.25) is 19.4 Å². The van der Waals surface area contributed by atoms with E-state index >= 15 is 0 Å². The van der Waals surface area contributed by atoms with Crippen LogP contribution >= 0.6 is 0 Å². The molecule has 0 radical (unpaired) electrons. The Kier molecular flexibility index (Phi) is 7.00. The summed E-state index contributed by atoms with van der Waals surface area (Å²) in [4.78, 5) is 30.5. The van der Waals surface area contributed by atoms with Gasteiger partial charge in [-0.2, -0.15) is 8.42 Å². The fourth-order valence-electron chi connectivity index (χ4n) is 10.8. The fraction of sp³-hybridized carbons (Fsp3) is 0.364. The van der Waals surface area contributed by atoms with Crippen LogP contribution in [-0.4, -0.2) is 71.0 Å². The number of piperidine rings is 1. The van der Waals surface area contributed by atoms with Crippen molar-refractivity contribution in [2.24, 2.45) is 5.92 Å². The number of rotatable bonds is 9. The van der Waals surface area contributed by atoms with Crippen LogP contribution in [0, 0.1) is 12.8 Å². The van der Waals surface area contributed by atoms with Gasteiger partial charge in [-0.05, 0) is 99.0 Å². The molecule has 4 aromatic carbocycles. The van der Waals surface area contributed by atoms with Gasteiger partial charge in [0.2, 0.25) is 0 Å². The number of amides is 2. The van der Waals surface area contributed by atoms with Gasteiger partial charge >= 0.3 is 10.1 Å². The van der Waals surface area contributed by atoms with Gasteiger partial charge in [0.15, 0.2) is 17.6 Å². The predicted octanol–water partition coefficient (Wildman–Crippen LogP) is 6.10. The first-order valence-corrected chi connectivity index (χ1v) is 20.9. The number of aliphatic hydroxyl groups is 1. The number of nitrogens with zero attached hydrogens (tertiary/aromatic N) is 3. The smallest absolute Gasteiger partial charge is 0.339 e. The molecule has 2 bridgehead atoms. The number of aryl methyl sites for hydroxylation is 2. The van der Waals surface area contributed by atoms with Gasteiger partial charge in [0.05, 0.1) is 27.8 Å². The van der Waals surface area contributed by atoms with Crippen LogP contribution in [0.2, 0.25) is 0 Å². The van der Waals surface area contributed by atoms with Gasteiger partial charge in [-0.1, -0.05) is 54.1 Å². The lowest BCUT2D eigenvalue weighted by molar-refractivity contribution is -0.173. The molecule has 3 aliphatic heterocycles. The highest BCUT2D eigenvalue weighted by atomic mass is 32.2. The van der Waals surface area contributed by atoms with Crippen molar-refractivity contribution in [2.75, 3.05) is 19.6 Å². The van der Waals surface area contributed by atoms with Gasteiger partial charge in [-0.15, -0.1) is 0 Å². The van der Waals surface area contributed by atoms with Crippen LogP contribution in [0.25, 0.3) is 10.9 Å². The molecule has 1 saturated heterocycles. The molecule has 280 valence electrons. The minimum Gasteiger partial charge on any atom is -0.479 e. The van der Waals surface area contributed by atoms with Gasteiger partial charge in [-0.25, -0.2) is 0 Å². The van der Waals surface area contributed by atoms with Crippen LogP contribution in [0.4, 0.5) is 0 Å². The number of fused-ring (bicyclic) bond motifs is 5. The second-order valence-corrected chi connectivity index (χ2v) is 18.0. The number of aromatic nitrogens is 1. The van der Waals surface area contributed by atoms with Crippen LogP contribution in [0.5, 0.6) is 11.5 Å². The molecule has 4 atom stereocenters. The number of para-hydroxylation sites is 1. The molecule has 3 aliphatic carbocycles. The number of carbonyl (C=O) groups excluding carboxylic acids is 2. The number of likely N-dealkylation sites (tertiary alicyclic amines) is 1. The zero-order valence-corrected chi connectivity index (χ0v) is 31.3. The van der Waals surface area contributed by atoms with E-state index in [2.05, 4.69) is 21.6 Å². The Morgan fingerprint density at radius 1 is 0.909 bits per heavy atom. The van der Waals surface area contributed by atoms with Gasteiger partial charge < -0.3 is 18.6 Å². The summed E-state index contributed by atoms with van der Waals surface area (Å²) in [5, 5.41) is 14.6. The standard InChI is InChI=1S/C44H41N3O7S/c1-26-11-16-29(17-12-26)55(51,52)54-35-18-15-28-23-36-44(50)24-33-30-7-4-5-10-34(30)46(20-6-21-47-41(48)31-8-2-3-9-32(31)42(47)49)38(33)40-43(44,37(28)39(35)53-40)19-22-45(36)25-27-13-14-27/h2-5,7-12,15-18,27,36,40,50H,6,13-14,19-25H2,1H3/t36-,40+,43+,44-/m1/s1. The maximum atomic E-state index is 13.7. The molecule has 11 heteroatoms. The van der Waals surface area contributed by atoms with Crippen molar-refractivity contribution < 1.29 is 32.0 Å². The zero-order valence-electron chi connectivity index (χ0n) is 30.5. The Morgan fingerprint density at radius 2 is 1.64 bits per heavy atom. The van der Waals surface area contributed by atoms with E-state index in [1.54, 1.807) is 54.6 Å². The molecule has 1 spiro atoms. The topological polar surface area (TPSA) is 118 Å². The quantitative estimate of drug-likeness (QED) is 0.142. The van der Waals surface area contributed by atoms with E-state index in [-0.39, 0.29) is 35.0 Å². The number of imide groups is 1. The maximum Gasteiger partial charge on any atom is 0.339 e. The average molecular weight is 756 g/mol. The SMILES string of the molecule is Cc1ccc(S(=O)(=O)Oc2ccc3c4c2O[C@H]2c5c(c6ccccc6n5CCCN5C(=O)c6ccccc6C5=O)C[C@@]5(O)[C@@H](C3)N(CC3CC3)CC[C@]425)cc1. The number of hydrogen-bond donors (Lipinski definition) is 1. The number of benzene rings is 4. The van der Waals surface area contributed by atoms with Gasteiger partial charge in [0, 0.05) is 48.6 Å². The molecule has 1 aromatic heterocycles. The molecule has 4 heterocycles. The van der Waals surface area contributed by atoms with Crippen molar-refractivity contribution in [1.29, 1.82) is 0 Å². The van der Waals surface area contributed by atoms with E-state index in [1.165, 1.54) is 17.7 Å². The average Bonchev–Trinajstić information content (AvgIpc) is 3.79. The summed E-state index contributed by atoms with van der Waals surface area (Å²) >= 11 is 0. The van der Waals surface area contributed by atoms with E-state index in [1.807, 2.05) is 25.1 Å². The summed E-state index contributed by atoms with van der Waals surface area (Å²) in [6, 6.07) is 25.3. The molecule has 6 aliphatic rings. The normalized spacial score (nSPS) is 26.2. The summed E-state index contributed by atoms with van der Waals surface area (Å²) in [5.41, 5.74) is 4.68. The van der Waals surface area contributed by atoms with Crippen LogP contribution < -0.4 is 8.92 Å². The van der Waals surface area contributed by atoms with E-state index in [9.17, 15) is 23.1 Å². The minimum atomic E-state index is -4.20. The van der Waals surface area contributed by atoms with Crippen molar-refractivity contribution in [1.82, 2.24) is 14.4 Å². The Labute approximate surface area is 319 Å². The van der Waals surface area contributed by atoms with Crippen LogP contribution in [0.3, 0.4) is 0 Å². The molecule has 2 amide bonds. The second kappa shape index (κ2) is 11.5. The maximum absolute atomic E-state index is 13.7. The predicted molar refractivity (Wildman–Crippen MR) is 204 cm³/mol. The fourth-order valence-corrected chi connectivity index (χ4v) is 11.7. The minimum absolute atomic E-state index is 0.0574. The third-order valence-corrected chi connectivity index (χ3v) is 14.7. The van der Waals surface area contributed by atoms with Crippen LogP contribution in [0.1, 0.15) is 80.5 Å². The molecule has 2 fully saturated rings. The second-order valence-electron chi connectivity index (χ2n) is 16.4. The molecular formula is C44H41N3O7S. The van der Waals surface area contributed by atoms with Gasteiger partial charge in [0.1, 0.15) is 4.90 Å². The lowest BCUT2D eigenvalue weighted by atomic mass is 9.49. The number of ether oxygens (including phenoxy) is 1. The van der Waals surface area contributed by atoms with Gasteiger partial charge in [0.25, 0.3) is 11.8 Å². The lowest BCUT2D eigenvalue weighted by Crippen LogP contribution is -2.74. The molecule has 1 N–H and O–H groups in total. The Balaban J connectivity index is 1.03. The molecule has 11 rings (SSSR count). The first-order chi connectivity index (χ1) is 26.6. The van der Waals surface area contributed by atoms with Crippen molar-refractivity contribution >= 4 is 32.8 Å². The van der Waals surface area contributed by atoms with Crippen LogP contribution in [-0.2, 0) is 34.9 Å². The van der Waals surface area contributed by atoms with E-state index in [0.29, 0.717) is 55.0 Å². The summed E-state index contributed by atoms with van der Waals surface area (Å²) in [7, 11) is -4.20. The van der Waals surface area contributed by atoms with E-state index in [4.69, 9.17) is 8.92 Å². The van der Waals surface area contributed by atoms with Crippen LogP contribution in [0.15, 0.2) is 89.8 Å².